The van der Waals surface area contributed by atoms with Crippen molar-refractivity contribution >= 4 is 21.9 Å². The summed E-state index contributed by atoms with van der Waals surface area (Å²) in [5, 5.41) is 8.69. The maximum absolute atomic E-state index is 12.6. The Morgan fingerprint density at radius 3 is 2.64 bits per heavy atom. The molecule has 0 aliphatic rings. The van der Waals surface area contributed by atoms with Crippen molar-refractivity contribution in [1.82, 2.24) is 9.62 Å². The van der Waals surface area contributed by atoms with Gasteiger partial charge in [-0.1, -0.05) is 6.92 Å². The van der Waals surface area contributed by atoms with Crippen LogP contribution in [0.1, 0.15) is 30.8 Å². The molecule has 1 atom stereocenters. The molecule has 0 aliphatic carbocycles. The van der Waals surface area contributed by atoms with Crippen molar-refractivity contribution in [3.8, 4) is 0 Å². The van der Waals surface area contributed by atoms with Gasteiger partial charge < -0.3 is 19.2 Å². The highest BCUT2D eigenvalue weighted by Crippen LogP contribution is 2.16. The number of carbonyl (C=O) groups is 2. The topological polar surface area (TPSA) is 126 Å². The Hall–Kier alpha value is -1.91. The lowest BCUT2D eigenvalue weighted by atomic mass is 10.1. The van der Waals surface area contributed by atoms with E-state index >= 15 is 0 Å². The van der Waals surface area contributed by atoms with E-state index in [2.05, 4.69) is 4.72 Å². The molecule has 25 heavy (non-hydrogen) atoms. The molecule has 10 heteroatoms. The van der Waals surface area contributed by atoms with Gasteiger partial charge in [-0.25, -0.2) is 13.1 Å². The van der Waals surface area contributed by atoms with E-state index in [1.165, 1.54) is 31.0 Å². The fourth-order valence-corrected chi connectivity index (χ4v) is 2.67. The van der Waals surface area contributed by atoms with Crippen LogP contribution in [0.15, 0.2) is 21.6 Å². The Morgan fingerprint density at radius 1 is 1.40 bits per heavy atom. The second-order valence-electron chi connectivity index (χ2n) is 5.37. The first-order chi connectivity index (χ1) is 11.7. The summed E-state index contributed by atoms with van der Waals surface area (Å²) >= 11 is 0. The summed E-state index contributed by atoms with van der Waals surface area (Å²) in [7, 11) is -2.57. The number of furan rings is 1. The third-order valence-corrected chi connectivity index (χ3v) is 4.74. The molecule has 9 nitrogen and oxygen atoms in total. The molecular weight excluding hydrogens is 352 g/mol. The SMILES string of the molecule is CCOCCCN(CC(C)C(=O)O)C(=O)c1ccc(S(=O)(=O)NC)o1. The molecule has 2 N–H and O–H groups in total. The van der Waals surface area contributed by atoms with Crippen molar-refractivity contribution in [2.75, 3.05) is 33.4 Å². The van der Waals surface area contributed by atoms with Crippen LogP contribution in [0.2, 0.25) is 0 Å². The van der Waals surface area contributed by atoms with Crippen LogP contribution in [0.25, 0.3) is 0 Å². The number of hydrogen-bond acceptors (Lipinski definition) is 6. The number of nitrogens with one attached hydrogen (secondary N) is 1. The number of rotatable bonds is 11. The molecule has 1 unspecified atom stereocenters. The number of aliphatic carboxylic acids is 1. The van der Waals surface area contributed by atoms with Crippen LogP contribution in [0, 0.1) is 5.92 Å². The lowest BCUT2D eigenvalue weighted by Crippen LogP contribution is -2.38. The molecule has 0 radical (unpaired) electrons. The Morgan fingerprint density at radius 2 is 2.08 bits per heavy atom. The average Bonchev–Trinajstić information content (AvgIpc) is 3.07. The van der Waals surface area contributed by atoms with Gasteiger partial charge in [0.2, 0.25) is 5.09 Å². The van der Waals surface area contributed by atoms with E-state index in [1.807, 2.05) is 6.92 Å². The molecule has 0 spiro atoms. The second-order valence-corrected chi connectivity index (χ2v) is 7.18. The van der Waals surface area contributed by atoms with Crippen LogP contribution >= 0.6 is 0 Å². The number of amides is 1. The number of carboxylic acids is 1. The highest BCUT2D eigenvalue weighted by atomic mass is 32.2. The van der Waals surface area contributed by atoms with Gasteiger partial charge in [0.1, 0.15) is 0 Å². The number of hydrogen-bond donors (Lipinski definition) is 2. The van der Waals surface area contributed by atoms with E-state index < -0.39 is 27.8 Å². The highest BCUT2D eigenvalue weighted by Gasteiger charge is 2.25. The maximum Gasteiger partial charge on any atom is 0.308 e. The summed E-state index contributed by atoms with van der Waals surface area (Å²) in [5.41, 5.74) is 0. The predicted molar refractivity (Wildman–Crippen MR) is 88.8 cm³/mol. The van der Waals surface area contributed by atoms with E-state index in [9.17, 15) is 18.0 Å². The minimum atomic E-state index is -3.80. The van der Waals surface area contributed by atoms with Crippen LogP contribution < -0.4 is 4.72 Å². The van der Waals surface area contributed by atoms with Crippen molar-refractivity contribution in [2.24, 2.45) is 5.92 Å². The minimum absolute atomic E-state index is 0.0187. The first-order valence-corrected chi connectivity index (χ1v) is 9.34. The molecule has 0 bridgehead atoms. The monoisotopic (exact) mass is 376 g/mol. The van der Waals surface area contributed by atoms with Gasteiger partial charge >= 0.3 is 5.97 Å². The molecule has 142 valence electrons. The standard InChI is InChI=1S/C15H24N2O7S/c1-4-23-9-5-8-17(10-11(2)15(19)20)14(18)12-6-7-13(24-12)25(21,22)16-3/h6-7,11,16H,4-5,8-10H2,1-3H3,(H,19,20). The molecule has 0 aliphatic heterocycles. The molecule has 1 aromatic heterocycles. The van der Waals surface area contributed by atoms with Crippen molar-refractivity contribution in [1.29, 1.82) is 0 Å². The van der Waals surface area contributed by atoms with Gasteiger partial charge in [-0.2, -0.15) is 0 Å². The van der Waals surface area contributed by atoms with Gasteiger partial charge in [0.05, 0.1) is 5.92 Å². The van der Waals surface area contributed by atoms with Crippen LogP contribution in [0.3, 0.4) is 0 Å². The quantitative estimate of drug-likeness (QED) is 0.546. The van der Waals surface area contributed by atoms with E-state index in [-0.39, 0.29) is 23.9 Å². The fourth-order valence-electron chi connectivity index (χ4n) is 2.02. The third kappa shape index (κ3) is 6.15. The highest BCUT2D eigenvalue weighted by molar-refractivity contribution is 7.89. The van der Waals surface area contributed by atoms with Crippen molar-refractivity contribution < 1.29 is 32.3 Å². The van der Waals surface area contributed by atoms with E-state index in [0.29, 0.717) is 19.6 Å². The van der Waals surface area contributed by atoms with Gasteiger partial charge in [-0.15, -0.1) is 0 Å². The summed E-state index contributed by atoms with van der Waals surface area (Å²) in [6.45, 7) is 4.56. The number of sulfonamides is 1. The molecule has 1 rings (SSSR count). The molecule has 1 aromatic rings. The zero-order valence-electron chi connectivity index (χ0n) is 14.5. The molecule has 0 fully saturated rings. The summed E-state index contributed by atoms with van der Waals surface area (Å²) in [6.07, 6.45) is 0.522. The van der Waals surface area contributed by atoms with Crippen LogP contribution in [0.4, 0.5) is 0 Å². The molecule has 0 saturated heterocycles. The number of ether oxygens (including phenoxy) is 1. The van der Waals surface area contributed by atoms with Crippen molar-refractivity contribution in [3.05, 3.63) is 17.9 Å². The van der Waals surface area contributed by atoms with Gasteiger partial charge in [-0.05, 0) is 32.5 Å². The molecular formula is C15H24N2O7S. The summed E-state index contributed by atoms with van der Waals surface area (Å²) < 4.78 is 35.8. The zero-order valence-corrected chi connectivity index (χ0v) is 15.3. The van der Waals surface area contributed by atoms with Crippen molar-refractivity contribution in [2.45, 2.75) is 25.4 Å². The van der Waals surface area contributed by atoms with Gasteiger partial charge in [0.25, 0.3) is 15.9 Å². The molecule has 0 saturated carbocycles. The second kappa shape index (κ2) is 9.54. The number of nitrogens with zero attached hydrogens (tertiary/aromatic N) is 1. The Labute approximate surface area is 147 Å². The number of carboxylic acid groups (broad SMARTS) is 1. The first kappa shape index (κ1) is 21.1. The van der Waals surface area contributed by atoms with E-state index in [0.717, 1.165) is 0 Å². The predicted octanol–water partition coefficient (Wildman–Crippen LogP) is 0.777. The largest absolute Gasteiger partial charge is 0.481 e. The number of carbonyl (C=O) groups excluding carboxylic acids is 1. The normalized spacial score (nSPS) is 12.8. The smallest absolute Gasteiger partial charge is 0.308 e. The van der Waals surface area contributed by atoms with Gasteiger partial charge in [-0.3, -0.25) is 9.59 Å². The lowest BCUT2D eigenvalue weighted by Gasteiger charge is -2.23. The van der Waals surface area contributed by atoms with Crippen molar-refractivity contribution in [3.63, 3.8) is 0 Å². The Balaban J connectivity index is 2.92. The Kier molecular flexibility index (Phi) is 8.07. The van der Waals surface area contributed by atoms with Gasteiger partial charge in [0, 0.05) is 26.3 Å². The van der Waals surface area contributed by atoms with E-state index in [1.54, 1.807) is 0 Å². The Bertz CT molecular complexity index is 684. The summed E-state index contributed by atoms with van der Waals surface area (Å²) in [4.78, 5) is 25.0. The summed E-state index contributed by atoms with van der Waals surface area (Å²) in [6, 6.07) is 2.44. The fraction of sp³-hybridized carbons (Fsp3) is 0.600. The summed E-state index contributed by atoms with van der Waals surface area (Å²) in [5.74, 6) is -2.53. The maximum atomic E-state index is 12.6. The van der Waals surface area contributed by atoms with Crippen LogP contribution in [-0.2, 0) is 19.6 Å². The molecule has 1 amide bonds. The average molecular weight is 376 g/mol. The van der Waals surface area contributed by atoms with Crippen LogP contribution in [-0.4, -0.2) is 63.7 Å². The molecule has 0 aromatic carbocycles. The zero-order chi connectivity index (χ0) is 19.0. The van der Waals surface area contributed by atoms with E-state index in [4.69, 9.17) is 14.3 Å². The lowest BCUT2D eigenvalue weighted by molar-refractivity contribution is -0.141. The minimum Gasteiger partial charge on any atom is -0.481 e. The van der Waals surface area contributed by atoms with Gasteiger partial charge in [0.15, 0.2) is 5.76 Å². The first-order valence-electron chi connectivity index (χ1n) is 7.86. The van der Waals surface area contributed by atoms with Crippen LogP contribution in [0.5, 0.6) is 0 Å². The third-order valence-electron chi connectivity index (χ3n) is 3.45. The molecule has 1 heterocycles.